The van der Waals surface area contributed by atoms with Crippen LogP contribution in [-0.4, -0.2) is 38.2 Å². The van der Waals surface area contributed by atoms with Gasteiger partial charge in [-0.15, -0.1) is 11.3 Å². The predicted octanol–water partition coefficient (Wildman–Crippen LogP) is 2.75. The van der Waals surface area contributed by atoms with Gasteiger partial charge in [-0.2, -0.15) is 0 Å². The average molecular weight is 494 g/mol. The van der Waals surface area contributed by atoms with Crippen molar-refractivity contribution in [3.05, 3.63) is 79.1 Å². The van der Waals surface area contributed by atoms with Crippen molar-refractivity contribution >= 4 is 22.9 Å². The Labute approximate surface area is 206 Å². The molecular formula is C25H27N5O4S. The van der Waals surface area contributed by atoms with E-state index in [-0.39, 0.29) is 22.2 Å². The van der Waals surface area contributed by atoms with Gasteiger partial charge in [-0.05, 0) is 19.9 Å². The minimum absolute atomic E-state index is 0.00297. The number of methoxy groups -OCH3 is 1. The van der Waals surface area contributed by atoms with E-state index in [1.54, 1.807) is 7.11 Å². The lowest BCUT2D eigenvalue weighted by molar-refractivity contribution is 0.104. The fraction of sp³-hybridized carbons (Fsp3) is 0.280. The van der Waals surface area contributed by atoms with Crippen molar-refractivity contribution in [1.82, 2.24) is 18.7 Å². The van der Waals surface area contributed by atoms with Gasteiger partial charge < -0.3 is 15.0 Å². The summed E-state index contributed by atoms with van der Waals surface area (Å²) in [5.74, 6) is -0.187. The second-order valence-electron chi connectivity index (χ2n) is 8.29. The van der Waals surface area contributed by atoms with Gasteiger partial charge in [0.15, 0.2) is 0 Å². The highest BCUT2D eigenvalue weighted by Crippen LogP contribution is 2.36. The molecule has 4 aromatic rings. The summed E-state index contributed by atoms with van der Waals surface area (Å²) in [6.45, 7) is 5.01. The van der Waals surface area contributed by atoms with Crippen LogP contribution in [0.3, 0.4) is 0 Å². The maximum Gasteiger partial charge on any atom is 0.332 e. The smallest absolute Gasteiger partial charge is 0.332 e. The van der Waals surface area contributed by atoms with Crippen molar-refractivity contribution in [2.45, 2.75) is 20.4 Å². The molecule has 3 aromatic heterocycles. The van der Waals surface area contributed by atoms with Crippen LogP contribution in [0.1, 0.15) is 26.6 Å². The molecule has 9 nitrogen and oxygen atoms in total. The SMILES string of the molecule is COCCn1c(C)cc(C(=O)c2sc(-c3c(N)n(C)c(=O)n(C)c3=O)nc2-c2ccccc2)c1C. The van der Waals surface area contributed by atoms with Crippen LogP contribution in [0, 0.1) is 13.8 Å². The van der Waals surface area contributed by atoms with Crippen LogP contribution in [-0.2, 0) is 25.4 Å². The number of hydrogen-bond donors (Lipinski definition) is 1. The minimum atomic E-state index is -0.560. The molecule has 0 saturated carbocycles. The number of hydrogen-bond acceptors (Lipinski definition) is 7. The third-order valence-electron chi connectivity index (χ3n) is 6.14. The number of ketones is 1. The number of nitrogens with two attached hydrogens (primary N) is 1. The van der Waals surface area contributed by atoms with E-state index in [0.29, 0.717) is 29.3 Å². The number of aromatic nitrogens is 4. The number of benzene rings is 1. The van der Waals surface area contributed by atoms with Gasteiger partial charge in [0.1, 0.15) is 21.3 Å². The lowest BCUT2D eigenvalue weighted by Gasteiger charge is -2.09. The van der Waals surface area contributed by atoms with E-state index in [0.717, 1.165) is 32.9 Å². The third kappa shape index (κ3) is 4.15. The van der Waals surface area contributed by atoms with Crippen LogP contribution in [0.25, 0.3) is 21.8 Å². The molecule has 0 saturated heterocycles. The molecule has 0 radical (unpaired) electrons. The van der Waals surface area contributed by atoms with Crippen LogP contribution in [0.15, 0.2) is 46.0 Å². The Kier molecular flexibility index (Phi) is 6.60. The number of aryl methyl sites for hydroxylation is 1. The van der Waals surface area contributed by atoms with E-state index < -0.39 is 11.2 Å². The molecule has 182 valence electrons. The molecule has 3 heterocycles. The van der Waals surface area contributed by atoms with E-state index in [1.807, 2.05) is 54.8 Å². The van der Waals surface area contributed by atoms with E-state index >= 15 is 0 Å². The molecule has 1 aromatic carbocycles. The quantitative estimate of drug-likeness (QED) is 0.396. The summed E-state index contributed by atoms with van der Waals surface area (Å²) >= 11 is 1.10. The van der Waals surface area contributed by atoms with E-state index in [2.05, 4.69) is 0 Å². The summed E-state index contributed by atoms with van der Waals surface area (Å²) in [4.78, 5) is 44.2. The number of carbonyl (C=O) groups is 1. The monoisotopic (exact) mass is 493 g/mol. The summed E-state index contributed by atoms with van der Waals surface area (Å²) in [6, 6.07) is 11.2. The molecular weight excluding hydrogens is 466 g/mol. The van der Waals surface area contributed by atoms with Crippen molar-refractivity contribution in [3.63, 3.8) is 0 Å². The highest BCUT2D eigenvalue weighted by atomic mass is 32.1. The highest BCUT2D eigenvalue weighted by Gasteiger charge is 2.27. The molecule has 10 heteroatoms. The summed E-state index contributed by atoms with van der Waals surface area (Å²) < 4.78 is 9.44. The zero-order valence-electron chi connectivity index (χ0n) is 20.3. The first-order valence-corrected chi connectivity index (χ1v) is 11.8. The first-order chi connectivity index (χ1) is 16.7. The molecule has 0 atom stereocenters. The molecule has 35 heavy (non-hydrogen) atoms. The zero-order valence-corrected chi connectivity index (χ0v) is 21.1. The molecule has 0 aliphatic rings. The highest BCUT2D eigenvalue weighted by molar-refractivity contribution is 7.17. The molecule has 0 aliphatic carbocycles. The molecule has 0 spiro atoms. The van der Waals surface area contributed by atoms with Crippen LogP contribution < -0.4 is 17.0 Å². The van der Waals surface area contributed by atoms with Crippen molar-refractivity contribution in [3.8, 4) is 21.8 Å². The Morgan fingerprint density at radius 2 is 1.80 bits per heavy atom. The van der Waals surface area contributed by atoms with Crippen LogP contribution in [0.5, 0.6) is 0 Å². The van der Waals surface area contributed by atoms with Gasteiger partial charge in [0.05, 0.1) is 12.3 Å². The van der Waals surface area contributed by atoms with Crippen molar-refractivity contribution in [1.29, 1.82) is 0 Å². The molecule has 0 fully saturated rings. The van der Waals surface area contributed by atoms with Crippen molar-refractivity contribution in [2.75, 3.05) is 19.5 Å². The second-order valence-corrected chi connectivity index (χ2v) is 9.29. The lowest BCUT2D eigenvalue weighted by atomic mass is 10.1. The summed E-state index contributed by atoms with van der Waals surface area (Å²) in [7, 11) is 4.52. The van der Waals surface area contributed by atoms with E-state index in [9.17, 15) is 14.4 Å². The van der Waals surface area contributed by atoms with Gasteiger partial charge in [0.2, 0.25) is 5.78 Å². The minimum Gasteiger partial charge on any atom is -0.384 e. The Morgan fingerprint density at radius 1 is 1.11 bits per heavy atom. The maximum atomic E-state index is 13.9. The van der Waals surface area contributed by atoms with Gasteiger partial charge in [-0.3, -0.25) is 18.7 Å². The van der Waals surface area contributed by atoms with Crippen LogP contribution in [0.4, 0.5) is 5.82 Å². The Morgan fingerprint density at radius 3 is 2.46 bits per heavy atom. The predicted molar refractivity (Wildman–Crippen MR) is 137 cm³/mol. The molecule has 4 rings (SSSR count). The van der Waals surface area contributed by atoms with Gasteiger partial charge in [0.25, 0.3) is 5.56 Å². The maximum absolute atomic E-state index is 13.9. The summed E-state index contributed by atoms with van der Waals surface area (Å²) in [5.41, 5.74) is 8.74. The number of thiazole rings is 1. The van der Waals surface area contributed by atoms with Gasteiger partial charge in [-0.1, -0.05) is 30.3 Å². The van der Waals surface area contributed by atoms with Crippen LogP contribution in [0.2, 0.25) is 0 Å². The number of carbonyl (C=O) groups excluding carboxylic acids is 1. The fourth-order valence-corrected chi connectivity index (χ4v) is 5.20. The molecule has 0 aliphatic heterocycles. The van der Waals surface area contributed by atoms with Gasteiger partial charge in [-0.25, -0.2) is 9.78 Å². The average Bonchev–Trinajstić information content (AvgIpc) is 3.41. The van der Waals surface area contributed by atoms with Crippen molar-refractivity contribution < 1.29 is 9.53 Å². The van der Waals surface area contributed by atoms with Gasteiger partial charge in [0, 0.05) is 50.3 Å². The number of ether oxygens (including phenoxy) is 1. The number of rotatable bonds is 7. The summed E-state index contributed by atoms with van der Waals surface area (Å²) in [5, 5.41) is 0.286. The standard InChI is InChI=1S/C25H27N5O4S/c1-14-13-17(15(2)30(14)11-12-34-5)20(31)21-19(16-9-7-6-8-10-16)27-23(35-21)18-22(26)28(3)25(33)29(4)24(18)32/h6-10,13H,11-12,26H2,1-5H3. The summed E-state index contributed by atoms with van der Waals surface area (Å²) in [6.07, 6.45) is 0. The topological polar surface area (TPSA) is 114 Å². The molecule has 0 unspecified atom stereocenters. The Bertz CT molecular complexity index is 1540. The van der Waals surface area contributed by atoms with Crippen LogP contribution >= 0.6 is 11.3 Å². The lowest BCUT2D eigenvalue weighted by Crippen LogP contribution is -2.39. The number of anilines is 1. The number of nitrogen functional groups attached to an aromatic ring is 1. The molecule has 0 amide bonds. The zero-order chi connectivity index (χ0) is 25.4. The largest absolute Gasteiger partial charge is 0.384 e. The first kappa shape index (κ1) is 24.4. The normalized spacial score (nSPS) is 11.2. The number of nitrogens with zero attached hydrogens (tertiary/aromatic N) is 4. The Balaban J connectivity index is 1.94. The second kappa shape index (κ2) is 9.47. The van der Waals surface area contributed by atoms with Gasteiger partial charge >= 0.3 is 5.69 Å². The fourth-order valence-electron chi connectivity index (χ4n) is 4.11. The van der Waals surface area contributed by atoms with E-state index in [1.165, 1.54) is 18.7 Å². The molecule has 0 bridgehead atoms. The van der Waals surface area contributed by atoms with Crippen molar-refractivity contribution in [2.24, 2.45) is 14.1 Å². The Hall–Kier alpha value is -3.76. The first-order valence-electron chi connectivity index (χ1n) is 11.0. The molecule has 2 N–H and O–H groups in total. The third-order valence-corrected chi connectivity index (χ3v) is 7.21. The van der Waals surface area contributed by atoms with E-state index in [4.69, 9.17) is 15.5 Å².